The Morgan fingerprint density at radius 1 is 1.16 bits per heavy atom. The average molecular weight is 262 g/mol. The van der Waals surface area contributed by atoms with Crippen molar-refractivity contribution in [3.63, 3.8) is 0 Å². The van der Waals surface area contributed by atoms with Gasteiger partial charge < -0.3 is 10.2 Å². The van der Waals surface area contributed by atoms with Crippen LogP contribution in [0.1, 0.15) is 37.0 Å². The molecule has 0 saturated heterocycles. The fraction of sp³-hybridized carbons (Fsp3) is 0.647. The number of nitrogens with one attached hydrogen (secondary N) is 1. The van der Waals surface area contributed by atoms with Gasteiger partial charge in [0.05, 0.1) is 0 Å². The second kappa shape index (κ2) is 7.66. The fourth-order valence-electron chi connectivity index (χ4n) is 2.53. The zero-order valence-corrected chi connectivity index (χ0v) is 13.5. The maximum absolute atomic E-state index is 3.72. The SMILES string of the molecule is Cc1ccc(CNC(CC(C)C)CN(C)C)c(C)c1. The highest BCUT2D eigenvalue weighted by Gasteiger charge is 2.12. The summed E-state index contributed by atoms with van der Waals surface area (Å²) in [5, 5.41) is 3.72. The van der Waals surface area contributed by atoms with Gasteiger partial charge in [0.1, 0.15) is 0 Å². The standard InChI is InChI=1S/C17H30N2/c1-13(2)9-17(12-19(5)6)18-11-16-8-7-14(3)10-15(16)4/h7-8,10,13,17-18H,9,11-12H2,1-6H3. The van der Waals surface area contributed by atoms with Crippen LogP contribution in [0.15, 0.2) is 18.2 Å². The van der Waals surface area contributed by atoms with E-state index in [-0.39, 0.29) is 0 Å². The van der Waals surface area contributed by atoms with Crippen LogP contribution in [0.3, 0.4) is 0 Å². The first-order valence-corrected chi connectivity index (χ1v) is 7.32. The third-order valence-electron chi connectivity index (χ3n) is 3.42. The van der Waals surface area contributed by atoms with Gasteiger partial charge in [-0.1, -0.05) is 37.6 Å². The molecule has 1 aromatic rings. The quantitative estimate of drug-likeness (QED) is 0.810. The summed E-state index contributed by atoms with van der Waals surface area (Å²) < 4.78 is 0. The van der Waals surface area contributed by atoms with E-state index in [1.807, 2.05) is 0 Å². The minimum Gasteiger partial charge on any atom is -0.309 e. The van der Waals surface area contributed by atoms with Gasteiger partial charge in [0.2, 0.25) is 0 Å². The van der Waals surface area contributed by atoms with E-state index in [2.05, 4.69) is 70.2 Å². The Hall–Kier alpha value is -0.860. The lowest BCUT2D eigenvalue weighted by molar-refractivity contribution is 0.305. The molecule has 2 heteroatoms. The van der Waals surface area contributed by atoms with Gasteiger partial charge in [-0.05, 0) is 51.4 Å². The number of nitrogens with zero attached hydrogens (tertiary/aromatic N) is 1. The molecule has 0 fully saturated rings. The Labute approximate surface area is 119 Å². The van der Waals surface area contributed by atoms with Crippen molar-refractivity contribution in [1.29, 1.82) is 0 Å². The van der Waals surface area contributed by atoms with Crippen LogP contribution >= 0.6 is 0 Å². The molecule has 0 aliphatic rings. The molecule has 0 heterocycles. The molecule has 1 aromatic carbocycles. The molecular formula is C17H30N2. The van der Waals surface area contributed by atoms with Gasteiger partial charge in [0.15, 0.2) is 0 Å². The van der Waals surface area contributed by atoms with Crippen molar-refractivity contribution in [3.8, 4) is 0 Å². The number of hydrogen-bond donors (Lipinski definition) is 1. The average Bonchev–Trinajstić information content (AvgIpc) is 2.25. The number of benzene rings is 1. The zero-order valence-electron chi connectivity index (χ0n) is 13.5. The van der Waals surface area contributed by atoms with Gasteiger partial charge >= 0.3 is 0 Å². The summed E-state index contributed by atoms with van der Waals surface area (Å²) in [6.45, 7) is 11.0. The van der Waals surface area contributed by atoms with Gasteiger partial charge in [0.25, 0.3) is 0 Å². The molecule has 0 saturated carbocycles. The summed E-state index contributed by atoms with van der Waals surface area (Å²) in [6.07, 6.45) is 1.23. The molecule has 0 radical (unpaired) electrons. The first-order chi connectivity index (χ1) is 8.88. The van der Waals surface area contributed by atoms with Crippen LogP contribution in [0.4, 0.5) is 0 Å². The smallest absolute Gasteiger partial charge is 0.0211 e. The molecule has 0 aromatic heterocycles. The van der Waals surface area contributed by atoms with E-state index in [4.69, 9.17) is 0 Å². The van der Waals surface area contributed by atoms with Gasteiger partial charge in [-0.3, -0.25) is 0 Å². The Bertz CT molecular complexity index is 373. The van der Waals surface area contributed by atoms with Gasteiger partial charge in [-0.25, -0.2) is 0 Å². The van der Waals surface area contributed by atoms with Crippen LogP contribution in [0.5, 0.6) is 0 Å². The van der Waals surface area contributed by atoms with E-state index in [0.717, 1.165) is 19.0 Å². The van der Waals surface area contributed by atoms with Crippen molar-refractivity contribution >= 4 is 0 Å². The highest BCUT2D eigenvalue weighted by atomic mass is 15.1. The lowest BCUT2D eigenvalue weighted by Crippen LogP contribution is -2.38. The number of rotatable bonds is 7. The van der Waals surface area contributed by atoms with Crippen LogP contribution in [-0.2, 0) is 6.54 Å². The maximum Gasteiger partial charge on any atom is 0.0211 e. The summed E-state index contributed by atoms with van der Waals surface area (Å²) in [5.41, 5.74) is 4.15. The largest absolute Gasteiger partial charge is 0.309 e. The molecule has 1 unspecified atom stereocenters. The van der Waals surface area contributed by atoms with Gasteiger partial charge in [-0.15, -0.1) is 0 Å². The van der Waals surface area contributed by atoms with E-state index in [1.54, 1.807) is 0 Å². The number of hydrogen-bond acceptors (Lipinski definition) is 2. The second-order valence-corrected chi connectivity index (χ2v) is 6.40. The van der Waals surface area contributed by atoms with Crippen molar-refractivity contribution < 1.29 is 0 Å². The highest BCUT2D eigenvalue weighted by molar-refractivity contribution is 5.30. The Balaban J connectivity index is 2.59. The lowest BCUT2D eigenvalue weighted by atomic mass is 10.0. The first-order valence-electron chi connectivity index (χ1n) is 7.32. The Morgan fingerprint density at radius 2 is 1.84 bits per heavy atom. The molecule has 0 aliphatic carbocycles. The first kappa shape index (κ1) is 16.2. The monoisotopic (exact) mass is 262 g/mol. The summed E-state index contributed by atoms with van der Waals surface area (Å²) in [6, 6.07) is 7.28. The molecule has 0 amide bonds. The molecule has 1 rings (SSSR count). The lowest BCUT2D eigenvalue weighted by Gasteiger charge is -2.24. The fourth-order valence-corrected chi connectivity index (χ4v) is 2.53. The van der Waals surface area contributed by atoms with Crippen LogP contribution in [0.2, 0.25) is 0 Å². The van der Waals surface area contributed by atoms with Crippen LogP contribution < -0.4 is 5.32 Å². The minimum atomic E-state index is 0.565. The predicted octanol–water partition coefficient (Wildman–Crippen LogP) is 3.37. The summed E-state index contributed by atoms with van der Waals surface area (Å²) in [5.74, 6) is 0.733. The molecule has 1 atom stereocenters. The van der Waals surface area contributed by atoms with Crippen molar-refractivity contribution in [2.24, 2.45) is 5.92 Å². The van der Waals surface area contributed by atoms with E-state index in [1.165, 1.54) is 23.1 Å². The third-order valence-corrected chi connectivity index (χ3v) is 3.42. The van der Waals surface area contributed by atoms with Crippen molar-refractivity contribution in [3.05, 3.63) is 34.9 Å². The van der Waals surface area contributed by atoms with E-state index in [9.17, 15) is 0 Å². The molecule has 0 aliphatic heterocycles. The van der Waals surface area contributed by atoms with Gasteiger partial charge in [0, 0.05) is 19.1 Å². The normalized spacial score (nSPS) is 13.3. The maximum atomic E-state index is 3.72. The Morgan fingerprint density at radius 3 is 2.37 bits per heavy atom. The Kier molecular flexibility index (Phi) is 6.53. The second-order valence-electron chi connectivity index (χ2n) is 6.40. The molecule has 0 bridgehead atoms. The molecule has 0 spiro atoms. The van der Waals surface area contributed by atoms with E-state index in [0.29, 0.717) is 6.04 Å². The molecular weight excluding hydrogens is 232 g/mol. The highest BCUT2D eigenvalue weighted by Crippen LogP contribution is 2.12. The van der Waals surface area contributed by atoms with E-state index >= 15 is 0 Å². The molecule has 2 nitrogen and oxygen atoms in total. The van der Waals surface area contributed by atoms with Crippen LogP contribution in [-0.4, -0.2) is 31.6 Å². The summed E-state index contributed by atoms with van der Waals surface area (Å²) in [7, 11) is 4.29. The molecule has 108 valence electrons. The van der Waals surface area contributed by atoms with Gasteiger partial charge in [-0.2, -0.15) is 0 Å². The summed E-state index contributed by atoms with van der Waals surface area (Å²) in [4.78, 5) is 2.27. The predicted molar refractivity (Wildman–Crippen MR) is 84.6 cm³/mol. The van der Waals surface area contributed by atoms with Crippen molar-refractivity contribution in [1.82, 2.24) is 10.2 Å². The van der Waals surface area contributed by atoms with Crippen molar-refractivity contribution in [2.45, 2.75) is 46.7 Å². The summed E-state index contributed by atoms with van der Waals surface area (Å²) >= 11 is 0. The number of aryl methyl sites for hydroxylation is 2. The van der Waals surface area contributed by atoms with E-state index < -0.39 is 0 Å². The minimum absolute atomic E-state index is 0.565. The molecule has 19 heavy (non-hydrogen) atoms. The molecule has 1 N–H and O–H groups in total. The van der Waals surface area contributed by atoms with Crippen LogP contribution in [0, 0.1) is 19.8 Å². The van der Waals surface area contributed by atoms with Crippen LogP contribution in [0.25, 0.3) is 0 Å². The zero-order chi connectivity index (χ0) is 14.4. The topological polar surface area (TPSA) is 15.3 Å². The number of likely N-dealkylation sites (N-methyl/N-ethyl adjacent to an activating group) is 1. The van der Waals surface area contributed by atoms with Crippen molar-refractivity contribution in [2.75, 3.05) is 20.6 Å². The third kappa shape index (κ3) is 6.22.